The van der Waals surface area contributed by atoms with Crippen molar-refractivity contribution in [3.63, 3.8) is 0 Å². The Balaban J connectivity index is 1.42. The van der Waals surface area contributed by atoms with Crippen LogP contribution in [0.5, 0.6) is 0 Å². The first-order valence-corrected chi connectivity index (χ1v) is 14.4. The number of hydrogen-bond acceptors (Lipinski definition) is 5. The highest BCUT2D eigenvalue weighted by Crippen LogP contribution is 2.27. The van der Waals surface area contributed by atoms with Gasteiger partial charge in [0.1, 0.15) is 5.70 Å². The molecule has 1 atom stereocenters. The summed E-state index contributed by atoms with van der Waals surface area (Å²) in [6, 6.07) is 27.4. The summed E-state index contributed by atoms with van der Waals surface area (Å²) in [5, 5.41) is 17.1. The molecular weight excluding hydrogens is 586 g/mol. The molecule has 0 spiro atoms. The molecule has 43 heavy (non-hydrogen) atoms. The summed E-state index contributed by atoms with van der Waals surface area (Å²) in [5.41, 5.74) is 3.04. The summed E-state index contributed by atoms with van der Waals surface area (Å²) >= 11 is 7.19. The second kappa shape index (κ2) is 14.4. The normalized spacial score (nSPS) is 11.7. The largest absolute Gasteiger partial charge is 0.478 e. The Morgan fingerprint density at radius 2 is 1.49 bits per heavy atom. The van der Waals surface area contributed by atoms with Crippen LogP contribution in [0.4, 0.5) is 11.4 Å². The molecule has 4 aromatic carbocycles. The van der Waals surface area contributed by atoms with Crippen molar-refractivity contribution in [1.29, 1.82) is 0 Å². The van der Waals surface area contributed by atoms with Gasteiger partial charge in [-0.1, -0.05) is 59.6 Å². The molecule has 218 valence electrons. The highest BCUT2D eigenvalue weighted by molar-refractivity contribution is 8.00. The highest BCUT2D eigenvalue weighted by Gasteiger charge is 2.18. The fraction of sp³-hybridized carbons (Fsp3) is 0.0909. The summed E-state index contributed by atoms with van der Waals surface area (Å²) in [5.74, 6) is -2.42. The van der Waals surface area contributed by atoms with Gasteiger partial charge in [0.2, 0.25) is 5.91 Å². The van der Waals surface area contributed by atoms with Crippen molar-refractivity contribution in [2.24, 2.45) is 0 Å². The van der Waals surface area contributed by atoms with Crippen molar-refractivity contribution >= 4 is 64.5 Å². The van der Waals surface area contributed by atoms with Crippen LogP contribution in [0.2, 0.25) is 5.02 Å². The van der Waals surface area contributed by atoms with Crippen molar-refractivity contribution in [1.82, 2.24) is 5.32 Å². The van der Waals surface area contributed by atoms with Crippen LogP contribution < -0.4 is 16.0 Å². The van der Waals surface area contributed by atoms with Gasteiger partial charge in [-0.2, -0.15) is 0 Å². The van der Waals surface area contributed by atoms with Gasteiger partial charge >= 0.3 is 5.97 Å². The Morgan fingerprint density at radius 3 is 2.14 bits per heavy atom. The Bertz CT molecular complexity index is 1670. The molecule has 0 bridgehead atoms. The molecular formula is C33H28ClN3O5S. The zero-order valence-corrected chi connectivity index (χ0v) is 24.8. The maximum Gasteiger partial charge on any atom is 0.337 e. The number of carboxylic acid groups (broad SMARTS) is 1. The summed E-state index contributed by atoms with van der Waals surface area (Å²) in [6.45, 7) is 3.69. The summed E-state index contributed by atoms with van der Waals surface area (Å²) < 4.78 is 0. The SMILES string of the molecule is Cc1ccc(/C=C(\NC(=O)c2ccccc2)C(=O)Nc2ccc(SC(C)C(=O)Nc3ccc(Cl)c(C(=O)O)c3)cc2)cc1. The van der Waals surface area contributed by atoms with Crippen LogP contribution in [-0.2, 0) is 9.59 Å². The first kappa shape index (κ1) is 31.1. The molecule has 0 aromatic heterocycles. The third-order valence-corrected chi connectivity index (χ3v) is 7.62. The second-order valence-corrected chi connectivity index (χ2v) is 11.3. The molecule has 10 heteroatoms. The monoisotopic (exact) mass is 613 g/mol. The van der Waals surface area contributed by atoms with Crippen LogP contribution in [-0.4, -0.2) is 34.0 Å². The fourth-order valence-electron chi connectivity index (χ4n) is 3.86. The van der Waals surface area contributed by atoms with Gasteiger partial charge in [0.05, 0.1) is 15.8 Å². The van der Waals surface area contributed by atoms with Gasteiger partial charge in [0.15, 0.2) is 0 Å². The number of anilines is 2. The number of carbonyl (C=O) groups is 4. The van der Waals surface area contributed by atoms with E-state index in [0.29, 0.717) is 16.9 Å². The van der Waals surface area contributed by atoms with Crippen molar-refractivity contribution < 1.29 is 24.3 Å². The Hall–Kier alpha value is -4.86. The van der Waals surface area contributed by atoms with Crippen LogP contribution in [0.25, 0.3) is 6.08 Å². The number of nitrogens with one attached hydrogen (secondary N) is 3. The number of rotatable bonds is 10. The number of carboxylic acids is 1. The minimum Gasteiger partial charge on any atom is -0.478 e. The van der Waals surface area contributed by atoms with Gasteiger partial charge in [-0.05, 0) is 80.1 Å². The van der Waals surface area contributed by atoms with Crippen LogP contribution in [0.15, 0.2) is 108 Å². The number of hydrogen-bond donors (Lipinski definition) is 4. The quantitative estimate of drug-likeness (QED) is 0.114. The lowest BCUT2D eigenvalue weighted by Gasteiger charge is -2.14. The van der Waals surface area contributed by atoms with Gasteiger partial charge in [-0.3, -0.25) is 14.4 Å². The lowest BCUT2D eigenvalue weighted by molar-refractivity contribution is -0.115. The van der Waals surface area contributed by atoms with Crippen LogP contribution in [0.3, 0.4) is 0 Å². The third-order valence-electron chi connectivity index (χ3n) is 6.18. The van der Waals surface area contributed by atoms with E-state index in [1.165, 1.54) is 30.0 Å². The molecule has 4 N–H and O–H groups in total. The van der Waals surface area contributed by atoms with Crippen molar-refractivity contribution in [2.75, 3.05) is 10.6 Å². The van der Waals surface area contributed by atoms with Crippen molar-refractivity contribution in [2.45, 2.75) is 24.0 Å². The molecule has 4 aromatic rings. The summed E-state index contributed by atoms with van der Waals surface area (Å²) in [4.78, 5) is 50.9. The van der Waals surface area contributed by atoms with Crippen molar-refractivity contribution in [3.8, 4) is 0 Å². The summed E-state index contributed by atoms with van der Waals surface area (Å²) in [7, 11) is 0. The molecule has 0 saturated carbocycles. The lowest BCUT2D eigenvalue weighted by Crippen LogP contribution is -2.30. The topological polar surface area (TPSA) is 125 Å². The van der Waals surface area contributed by atoms with E-state index in [9.17, 15) is 24.3 Å². The maximum atomic E-state index is 13.3. The van der Waals surface area contributed by atoms with E-state index in [1.54, 1.807) is 67.6 Å². The maximum absolute atomic E-state index is 13.3. The Kier molecular flexibility index (Phi) is 10.4. The number of carbonyl (C=O) groups excluding carboxylic acids is 3. The number of halogens is 1. The first-order valence-electron chi connectivity index (χ1n) is 13.2. The van der Waals surface area contributed by atoms with E-state index in [1.807, 2.05) is 31.2 Å². The molecule has 4 rings (SSSR count). The van der Waals surface area contributed by atoms with Crippen LogP contribution in [0.1, 0.15) is 38.8 Å². The average Bonchev–Trinajstić information content (AvgIpc) is 3.00. The minimum atomic E-state index is -1.19. The van der Waals surface area contributed by atoms with Gasteiger partial charge in [0.25, 0.3) is 11.8 Å². The number of benzene rings is 4. The Morgan fingerprint density at radius 1 is 0.837 bits per heavy atom. The molecule has 8 nitrogen and oxygen atoms in total. The summed E-state index contributed by atoms with van der Waals surface area (Å²) in [6.07, 6.45) is 1.61. The predicted molar refractivity (Wildman–Crippen MR) is 170 cm³/mol. The molecule has 3 amide bonds. The smallest absolute Gasteiger partial charge is 0.337 e. The fourth-order valence-corrected chi connectivity index (χ4v) is 4.92. The highest BCUT2D eigenvalue weighted by atomic mass is 35.5. The molecule has 0 heterocycles. The molecule has 0 saturated heterocycles. The number of thioether (sulfide) groups is 1. The molecule has 0 fully saturated rings. The van der Waals surface area contributed by atoms with E-state index in [0.717, 1.165) is 16.0 Å². The molecule has 1 unspecified atom stereocenters. The van der Waals surface area contributed by atoms with Gasteiger partial charge < -0.3 is 21.1 Å². The van der Waals surface area contributed by atoms with Crippen molar-refractivity contribution in [3.05, 3.63) is 130 Å². The van der Waals surface area contributed by atoms with E-state index in [-0.39, 0.29) is 22.2 Å². The van der Waals surface area contributed by atoms with E-state index in [4.69, 9.17) is 11.6 Å². The standard InChI is InChI=1S/C33H28ClN3O5S/c1-20-8-10-22(11-9-20)18-29(37-31(39)23-6-4-3-5-7-23)32(40)35-24-12-15-26(16-13-24)43-21(2)30(38)36-25-14-17-28(34)27(19-25)33(41)42/h3-19,21H,1-2H3,(H,35,40)(H,36,38)(H,37,39)(H,41,42)/b29-18-. The second-order valence-electron chi connectivity index (χ2n) is 9.52. The molecule has 0 aliphatic rings. The van der Waals surface area contributed by atoms with E-state index in [2.05, 4.69) is 16.0 Å². The third kappa shape index (κ3) is 8.81. The van der Waals surface area contributed by atoms with Gasteiger partial charge in [-0.25, -0.2) is 4.79 Å². The average molecular weight is 614 g/mol. The minimum absolute atomic E-state index is 0.0784. The molecule has 0 aliphatic heterocycles. The predicted octanol–water partition coefficient (Wildman–Crippen LogP) is 6.88. The van der Waals surface area contributed by atoms with E-state index < -0.39 is 23.0 Å². The molecule has 0 radical (unpaired) electrons. The van der Waals surface area contributed by atoms with Gasteiger partial charge in [0, 0.05) is 21.8 Å². The Labute approximate surface area is 258 Å². The van der Waals surface area contributed by atoms with E-state index >= 15 is 0 Å². The zero-order valence-electron chi connectivity index (χ0n) is 23.3. The number of aryl methyl sites for hydroxylation is 1. The number of aromatic carboxylic acids is 1. The van der Waals surface area contributed by atoms with Crippen LogP contribution >= 0.6 is 23.4 Å². The molecule has 0 aliphatic carbocycles. The van der Waals surface area contributed by atoms with Crippen LogP contribution in [0, 0.1) is 6.92 Å². The first-order chi connectivity index (χ1) is 20.6. The zero-order chi connectivity index (χ0) is 30.9. The lowest BCUT2D eigenvalue weighted by atomic mass is 10.1. The number of amides is 3. The van der Waals surface area contributed by atoms with Gasteiger partial charge in [-0.15, -0.1) is 11.8 Å².